The number of aromatic hydroxyl groups is 1. The lowest BCUT2D eigenvalue weighted by Gasteiger charge is -2.27. The highest BCUT2D eigenvalue weighted by molar-refractivity contribution is 6.00. The summed E-state index contributed by atoms with van der Waals surface area (Å²) in [5.41, 5.74) is 1.76. The van der Waals surface area contributed by atoms with E-state index >= 15 is 0 Å². The highest BCUT2D eigenvalue weighted by Gasteiger charge is 2.23. The SMILES string of the molecule is CCOc1cc(/C=C2\CN(Cc3ccccc3)CCC2=O)cc([N+](=O)[O-])c1O. The Balaban J connectivity index is 1.88. The Morgan fingerprint density at radius 3 is 2.71 bits per heavy atom. The molecule has 1 aliphatic rings. The molecular formula is C21H22N2O5. The fourth-order valence-electron chi connectivity index (χ4n) is 3.23. The number of piperidine rings is 1. The number of rotatable bonds is 6. The van der Waals surface area contributed by atoms with Gasteiger partial charge >= 0.3 is 5.69 Å². The van der Waals surface area contributed by atoms with Crippen LogP contribution in [0.4, 0.5) is 5.69 Å². The Bertz CT molecular complexity index is 909. The van der Waals surface area contributed by atoms with Crippen molar-refractivity contribution < 1.29 is 19.6 Å². The predicted octanol–water partition coefficient (Wildman–Crippen LogP) is 3.56. The summed E-state index contributed by atoms with van der Waals surface area (Å²) < 4.78 is 5.31. The van der Waals surface area contributed by atoms with E-state index in [9.17, 15) is 20.0 Å². The maximum absolute atomic E-state index is 12.4. The second-order valence-electron chi connectivity index (χ2n) is 6.62. The van der Waals surface area contributed by atoms with Gasteiger partial charge in [0.15, 0.2) is 11.5 Å². The van der Waals surface area contributed by atoms with Crippen molar-refractivity contribution in [1.82, 2.24) is 4.90 Å². The summed E-state index contributed by atoms with van der Waals surface area (Å²) in [6.45, 7) is 3.85. The molecule has 2 aromatic rings. The number of ether oxygens (including phenoxy) is 1. The minimum atomic E-state index is -0.662. The van der Waals surface area contributed by atoms with Crippen LogP contribution in [0.5, 0.6) is 11.5 Å². The van der Waals surface area contributed by atoms with Gasteiger partial charge < -0.3 is 9.84 Å². The molecule has 146 valence electrons. The summed E-state index contributed by atoms with van der Waals surface area (Å²) in [6, 6.07) is 12.8. The van der Waals surface area contributed by atoms with Gasteiger partial charge in [-0.05, 0) is 30.2 Å². The number of carbonyl (C=O) groups excluding carboxylic acids is 1. The van der Waals surface area contributed by atoms with Gasteiger partial charge in [0.1, 0.15) is 0 Å². The number of hydrogen-bond acceptors (Lipinski definition) is 6. The molecule has 7 heteroatoms. The number of hydrogen-bond donors (Lipinski definition) is 1. The molecule has 0 bridgehead atoms. The van der Waals surface area contributed by atoms with Crippen molar-refractivity contribution in [3.05, 3.63) is 69.3 Å². The van der Waals surface area contributed by atoms with E-state index in [-0.39, 0.29) is 18.1 Å². The van der Waals surface area contributed by atoms with Crippen LogP contribution in [-0.2, 0) is 11.3 Å². The van der Waals surface area contributed by atoms with Gasteiger partial charge in [-0.25, -0.2) is 0 Å². The second-order valence-corrected chi connectivity index (χ2v) is 6.62. The number of ketones is 1. The quantitative estimate of drug-likeness (QED) is 0.466. The van der Waals surface area contributed by atoms with E-state index in [0.29, 0.717) is 30.6 Å². The van der Waals surface area contributed by atoms with Crippen molar-refractivity contribution in [3.8, 4) is 11.5 Å². The summed E-state index contributed by atoms with van der Waals surface area (Å²) in [5.74, 6) is -0.444. The van der Waals surface area contributed by atoms with E-state index in [0.717, 1.165) is 12.1 Å². The van der Waals surface area contributed by atoms with Crippen LogP contribution in [0.3, 0.4) is 0 Å². The van der Waals surface area contributed by atoms with E-state index < -0.39 is 16.4 Å². The summed E-state index contributed by atoms with van der Waals surface area (Å²) >= 11 is 0. The summed E-state index contributed by atoms with van der Waals surface area (Å²) in [7, 11) is 0. The first-order valence-electron chi connectivity index (χ1n) is 9.12. The lowest BCUT2D eigenvalue weighted by atomic mass is 9.99. The number of nitro groups is 1. The molecular weight excluding hydrogens is 360 g/mol. The van der Waals surface area contributed by atoms with Crippen molar-refractivity contribution in [2.45, 2.75) is 19.9 Å². The monoisotopic (exact) mass is 382 g/mol. The van der Waals surface area contributed by atoms with Crippen LogP contribution in [0.2, 0.25) is 0 Å². The molecule has 1 heterocycles. The molecule has 28 heavy (non-hydrogen) atoms. The van der Waals surface area contributed by atoms with E-state index in [4.69, 9.17) is 4.74 Å². The van der Waals surface area contributed by atoms with Gasteiger partial charge in [-0.3, -0.25) is 19.8 Å². The number of phenolic OH excluding ortho intramolecular Hbond substituents is 1. The van der Waals surface area contributed by atoms with Crippen LogP contribution in [-0.4, -0.2) is 40.4 Å². The molecule has 0 spiro atoms. The number of Topliss-reactive ketones (excluding diaryl/α,β-unsaturated/α-hetero) is 1. The van der Waals surface area contributed by atoms with Crippen LogP contribution >= 0.6 is 0 Å². The topological polar surface area (TPSA) is 92.9 Å². The molecule has 1 aliphatic heterocycles. The number of benzene rings is 2. The third-order valence-corrected chi connectivity index (χ3v) is 4.57. The van der Waals surface area contributed by atoms with Gasteiger partial charge in [0.25, 0.3) is 0 Å². The maximum Gasteiger partial charge on any atom is 0.315 e. The lowest BCUT2D eigenvalue weighted by Crippen LogP contribution is -2.35. The van der Waals surface area contributed by atoms with Crippen LogP contribution in [0.15, 0.2) is 48.0 Å². The molecule has 3 rings (SSSR count). The van der Waals surface area contributed by atoms with Gasteiger partial charge in [0.05, 0.1) is 11.5 Å². The third-order valence-electron chi connectivity index (χ3n) is 4.57. The molecule has 7 nitrogen and oxygen atoms in total. The zero-order chi connectivity index (χ0) is 20.1. The van der Waals surface area contributed by atoms with Crippen LogP contribution in [0.1, 0.15) is 24.5 Å². The Labute approximate surface area is 163 Å². The van der Waals surface area contributed by atoms with Crippen molar-refractivity contribution in [3.63, 3.8) is 0 Å². The third kappa shape index (κ3) is 4.55. The Morgan fingerprint density at radius 2 is 2.04 bits per heavy atom. The highest BCUT2D eigenvalue weighted by atomic mass is 16.6. The van der Waals surface area contributed by atoms with Crippen molar-refractivity contribution in [2.24, 2.45) is 0 Å². The maximum atomic E-state index is 12.4. The molecule has 0 saturated carbocycles. The summed E-state index contributed by atoms with van der Waals surface area (Å²) in [5, 5.41) is 21.3. The lowest BCUT2D eigenvalue weighted by molar-refractivity contribution is -0.386. The van der Waals surface area contributed by atoms with Crippen LogP contribution < -0.4 is 4.74 Å². The van der Waals surface area contributed by atoms with Crippen molar-refractivity contribution >= 4 is 17.5 Å². The molecule has 0 aromatic heterocycles. The fraction of sp³-hybridized carbons (Fsp3) is 0.286. The zero-order valence-electron chi connectivity index (χ0n) is 15.6. The number of nitro benzene ring substituents is 1. The minimum Gasteiger partial charge on any atom is -0.500 e. The molecule has 0 unspecified atom stereocenters. The molecule has 1 saturated heterocycles. The average molecular weight is 382 g/mol. The Morgan fingerprint density at radius 1 is 1.29 bits per heavy atom. The number of phenols is 1. The summed E-state index contributed by atoms with van der Waals surface area (Å²) in [4.78, 5) is 25.1. The normalized spacial score (nSPS) is 16.3. The number of likely N-dealkylation sites (tertiary alicyclic amines) is 1. The highest BCUT2D eigenvalue weighted by Crippen LogP contribution is 2.38. The predicted molar refractivity (Wildman–Crippen MR) is 105 cm³/mol. The largest absolute Gasteiger partial charge is 0.500 e. The van der Waals surface area contributed by atoms with E-state index in [1.807, 2.05) is 30.3 Å². The van der Waals surface area contributed by atoms with Crippen LogP contribution in [0.25, 0.3) is 6.08 Å². The Kier molecular flexibility index (Phi) is 6.06. The first-order chi connectivity index (χ1) is 13.5. The molecule has 1 fully saturated rings. The first-order valence-corrected chi connectivity index (χ1v) is 9.12. The van der Waals surface area contributed by atoms with Crippen LogP contribution in [0, 0.1) is 10.1 Å². The van der Waals surface area contributed by atoms with E-state index in [1.54, 1.807) is 13.0 Å². The van der Waals surface area contributed by atoms with Gasteiger partial charge in [0, 0.05) is 37.7 Å². The smallest absolute Gasteiger partial charge is 0.315 e. The Hall–Kier alpha value is -3.19. The number of carbonyl (C=O) groups is 1. The molecule has 0 amide bonds. The molecule has 2 aromatic carbocycles. The van der Waals surface area contributed by atoms with E-state index in [2.05, 4.69) is 4.90 Å². The van der Waals surface area contributed by atoms with Gasteiger partial charge in [0.2, 0.25) is 5.75 Å². The second kappa shape index (κ2) is 8.67. The van der Waals surface area contributed by atoms with Crippen molar-refractivity contribution in [2.75, 3.05) is 19.7 Å². The standard InChI is InChI=1S/C21H22N2O5/c1-2-28-20-12-16(11-18(21(20)25)23(26)27)10-17-14-22(9-8-19(17)24)13-15-6-4-3-5-7-15/h3-7,10-12,25H,2,8-9,13-14H2,1H3/b17-10+. The van der Waals surface area contributed by atoms with E-state index in [1.165, 1.54) is 12.1 Å². The summed E-state index contributed by atoms with van der Waals surface area (Å²) in [6.07, 6.45) is 2.05. The van der Waals surface area contributed by atoms with Gasteiger partial charge in [-0.2, -0.15) is 0 Å². The molecule has 0 radical (unpaired) electrons. The average Bonchev–Trinajstić information content (AvgIpc) is 2.67. The molecule has 0 atom stereocenters. The zero-order valence-corrected chi connectivity index (χ0v) is 15.6. The molecule has 1 N–H and O–H groups in total. The van der Waals surface area contributed by atoms with Crippen molar-refractivity contribution in [1.29, 1.82) is 0 Å². The first kappa shape index (κ1) is 19.6. The van der Waals surface area contributed by atoms with Gasteiger partial charge in [-0.1, -0.05) is 30.3 Å². The minimum absolute atomic E-state index is 0.0259. The fourth-order valence-corrected chi connectivity index (χ4v) is 3.23. The van der Waals surface area contributed by atoms with Gasteiger partial charge in [-0.15, -0.1) is 0 Å². The number of nitrogens with zero attached hydrogens (tertiary/aromatic N) is 2. The molecule has 0 aliphatic carbocycles.